The molecule has 0 unspecified atom stereocenters. The van der Waals surface area contributed by atoms with E-state index in [1.54, 1.807) is 0 Å². The summed E-state index contributed by atoms with van der Waals surface area (Å²) >= 11 is 0. The monoisotopic (exact) mass is 521 g/mol. The second-order valence-electron chi connectivity index (χ2n) is 9.04. The van der Waals surface area contributed by atoms with Gasteiger partial charge in [-0.2, -0.15) is 8.42 Å². The summed E-state index contributed by atoms with van der Waals surface area (Å²) in [5.41, 5.74) is 0. The first-order chi connectivity index (χ1) is 15.5. The van der Waals surface area contributed by atoms with E-state index < -0.39 is 10.4 Å². The first kappa shape index (κ1) is 41.9. The van der Waals surface area contributed by atoms with Gasteiger partial charge in [-0.3, -0.25) is 4.55 Å². The molecule has 0 aromatic rings. The summed E-state index contributed by atoms with van der Waals surface area (Å²) in [6, 6.07) is 0. The van der Waals surface area contributed by atoms with Crippen LogP contribution in [0, 0.1) is 0 Å². The van der Waals surface area contributed by atoms with E-state index in [9.17, 15) is 8.42 Å². The van der Waals surface area contributed by atoms with E-state index in [2.05, 4.69) is 18.0 Å². The Bertz CT molecular complexity index is 427. The van der Waals surface area contributed by atoms with Crippen molar-refractivity contribution in [3.63, 3.8) is 0 Å². The topological polar surface area (TPSA) is 119 Å². The van der Waals surface area contributed by atoms with Crippen LogP contribution < -0.4 is 6.15 Å². The molecule has 206 valence electrons. The third kappa shape index (κ3) is 46.2. The first-order valence-corrected chi connectivity index (χ1v) is 15.1. The molecule has 0 aliphatic rings. The van der Waals surface area contributed by atoms with E-state index in [4.69, 9.17) is 9.66 Å². The molecule has 0 saturated carbocycles. The molecule has 34 heavy (non-hydrogen) atoms. The molecule has 0 saturated heterocycles. The second kappa shape index (κ2) is 35.9. The Kier molecular flexibility index (Phi) is 44.3. The number of aliphatic hydroxyl groups is 1. The zero-order valence-corrected chi connectivity index (χ0v) is 23.0. The molecule has 6 nitrogen and oxygen atoms in total. The summed E-state index contributed by atoms with van der Waals surface area (Å²) in [4.78, 5) is 0. The summed E-state index contributed by atoms with van der Waals surface area (Å²) < 4.78 is 33.0. The van der Waals surface area contributed by atoms with Crippen LogP contribution in [0.1, 0.15) is 155 Å². The number of hydrogen-bond acceptors (Lipinski definition) is 5. The molecule has 0 atom stereocenters. The van der Waals surface area contributed by atoms with Crippen LogP contribution in [-0.4, -0.2) is 60.8 Å². The SMILES string of the molecule is CCCCCCCCCCCCCCO.CCCCCCCCCCCCOS(=O)(=O)O.N.[NaH]. The van der Waals surface area contributed by atoms with Crippen LogP contribution in [0.5, 0.6) is 0 Å². The Morgan fingerprint density at radius 3 is 1.06 bits per heavy atom. The molecule has 0 aromatic carbocycles. The van der Waals surface area contributed by atoms with Crippen LogP contribution in [0.15, 0.2) is 0 Å². The maximum absolute atomic E-state index is 10.2. The van der Waals surface area contributed by atoms with Crippen LogP contribution in [0.2, 0.25) is 0 Å². The maximum atomic E-state index is 10.2. The molecular formula is C26H60NNaO5S. The van der Waals surface area contributed by atoms with Gasteiger partial charge in [0.05, 0.1) is 6.61 Å². The molecule has 0 spiro atoms. The molecule has 0 aromatic heterocycles. The quantitative estimate of drug-likeness (QED) is 0.0674. The van der Waals surface area contributed by atoms with Gasteiger partial charge in [-0.05, 0) is 12.8 Å². The van der Waals surface area contributed by atoms with Gasteiger partial charge in [0.1, 0.15) is 0 Å². The van der Waals surface area contributed by atoms with Gasteiger partial charge in [-0.1, -0.05) is 142 Å². The minimum absolute atomic E-state index is 0. The predicted octanol–water partition coefficient (Wildman–Crippen LogP) is 7.92. The predicted molar refractivity (Wildman–Crippen MR) is 150 cm³/mol. The standard InChI is InChI=1S/C14H30O.C12H26O4S.H3N.Na.H/c1-2-3-4-5-6-7-8-9-10-11-12-13-14-15;1-2-3-4-5-6-7-8-9-10-11-12-16-17(13,14)15;;;/h15H,2-14H2,1H3;2-12H2,1H3,(H,13,14,15);1H3;;. The number of hydrogen-bond donors (Lipinski definition) is 3. The Labute approximate surface area is 235 Å². The Morgan fingerprint density at radius 2 is 0.794 bits per heavy atom. The third-order valence-corrected chi connectivity index (χ3v) is 6.21. The fourth-order valence-corrected chi connectivity index (χ4v) is 4.03. The summed E-state index contributed by atoms with van der Waals surface area (Å²) in [7, 11) is -4.23. The third-order valence-electron chi connectivity index (χ3n) is 5.74. The Morgan fingerprint density at radius 1 is 0.529 bits per heavy atom. The molecule has 0 aliphatic heterocycles. The van der Waals surface area contributed by atoms with Crippen LogP contribution in [0.25, 0.3) is 0 Å². The van der Waals surface area contributed by atoms with Gasteiger partial charge in [0, 0.05) is 6.61 Å². The van der Waals surface area contributed by atoms with Crippen molar-refractivity contribution in [1.29, 1.82) is 0 Å². The summed E-state index contributed by atoms with van der Waals surface area (Å²) in [5, 5.41) is 8.61. The summed E-state index contributed by atoms with van der Waals surface area (Å²) in [6.45, 7) is 4.95. The van der Waals surface area contributed by atoms with E-state index in [1.165, 1.54) is 116 Å². The molecule has 0 heterocycles. The fraction of sp³-hybridized carbons (Fsp3) is 1.00. The van der Waals surface area contributed by atoms with Crippen molar-refractivity contribution in [1.82, 2.24) is 6.15 Å². The van der Waals surface area contributed by atoms with E-state index >= 15 is 0 Å². The second-order valence-corrected chi connectivity index (χ2v) is 10.1. The van der Waals surface area contributed by atoms with Gasteiger partial charge >= 0.3 is 40.0 Å². The molecule has 0 rings (SSSR count). The van der Waals surface area contributed by atoms with E-state index in [1.807, 2.05) is 0 Å². The number of unbranched alkanes of at least 4 members (excludes halogenated alkanes) is 20. The average molecular weight is 522 g/mol. The average Bonchev–Trinajstić information content (AvgIpc) is 2.75. The summed E-state index contributed by atoms with van der Waals surface area (Å²) in [6.07, 6.45) is 28.1. The number of aliphatic hydroxyl groups excluding tert-OH is 1. The van der Waals surface area contributed by atoms with Gasteiger partial charge in [-0.15, -0.1) is 0 Å². The normalized spacial score (nSPS) is 10.7. The van der Waals surface area contributed by atoms with Gasteiger partial charge in [0.15, 0.2) is 0 Å². The Hall–Kier alpha value is 0.790. The molecule has 5 N–H and O–H groups in total. The van der Waals surface area contributed by atoms with E-state index in [-0.39, 0.29) is 42.3 Å². The molecular weight excluding hydrogens is 461 g/mol. The van der Waals surface area contributed by atoms with Crippen molar-refractivity contribution in [2.24, 2.45) is 0 Å². The van der Waals surface area contributed by atoms with Gasteiger partial charge < -0.3 is 11.3 Å². The molecule has 0 aliphatic carbocycles. The van der Waals surface area contributed by atoms with Crippen LogP contribution >= 0.6 is 0 Å². The zero-order chi connectivity index (χ0) is 24.2. The van der Waals surface area contributed by atoms with Gasteiger partial charge in [-0.25, -0.2) is 4.18 Å². The molecule has 0 amide bonds. The van der Waals surface area contributed by atoms with Crippen molar-refractivity contribution in [2.75, 3.05) is 13.2 Å². The van der Waals surface area contributed by atoms with Crippen molar-refractivity contribution < 1.29 is 22.3 Å². The fourth-order valence-electron chi connectivity index (χ4n) is 3.71. The van der Waals surface area contributed by atoms with Gasteiger partial charge in [0.25, 0.3) is 0 Å². The van der Waals surface area contributed by atoms with Crippen LogP contribution in [0.3, 0.4) is 0 Å². The molecule has 0 fully saturated rings. The van der Waals surface area contributed by atoms with Crippen LogP contribution in [-0.2, 0) is 14.6 Å². The van der Waals surface area contributed by atoms with Crippen molar-refractivity contribution in [3.8, 4) is 0 Å². The molecule has 8 heteroatoms. The molecule has 0 bridgehead atoms. The Balaban J connectivity index is -0.000000252. The zero-order valence-electron chi connectivity index (χ0n) is 22.2. The number of rotatable bonds is 24. The molecule has 0 radical (unpaired) electrons. The minimum atomic E-state index is -4.23. The first-order valence-electron chi connectivity index (χ1n) is 13.7. The van der Waals surface area contributed by atoms with Crippen molar-refractivity contribution in [2.45, 2.75) is 155 Å². The van der Waals surface area contributed by atoms with Gasteiger partial charge in [0.2, 0.25) is 0 Å². The van der Waals surface area contributed by atoms with E-state index in [0.717, 1.165) is 19.3 Å². The van der Waals surface area contributed by atoms with Crippen LogP contribution in [0.4, 0.5) is 0 Å². The van der Waals surface area contributed by atoms with Crippen molar-refractivity contribution >= 4 is 40.0 Å². The van der Waals surface area contributed by atoms with E-state index in [0.29, 0.717) is 13.0 Å². The summed E-state index contributed by atoms with van der Waals surface area (Å²) in [5.74, 6) is 0. The van der Waals surface area contributed by atoms with Crippen molar-refractivity contribution in [3.05, 3.63) is 0 Å².